The number of hydrogen-bond acceptors (Lipinski definition) is 7. The van der Waals surface area contributed by atoms with Crippen molar-refractivity contribution in [2.45, 2.75) is 31.0 Å². The summed E-state index contributed by atoms with van der Waals surface area (Å²) < 4.78 is 41.7. The van der Waals surface area contributed by atoms with Crippen LogP contribution in [0.4, 0.5) is 0 Å². The van der Waals surface area contributed by atoms with Gasteiger partial charge in [0, 0.05) is 32.1 Å². The molecule has 0 unspecified atom stereocenters. The zero-order valence-electron chi connectivity index (χ0n) is 17.4. The Morgan fingerprint density at radius 3 is 2.61 bits per heavy atom. The number of sulfonamides is 1. The van der Waals surface area contributed by atoms with Crippen LogP contribution in [-0.4, -0.2) is 44.0 Å². The summed E-state index contributed by atoms with van der Waals surface area (Å²) in [4.78, 5) is 12.4. The SMILES string of the molecule is C[C@@H]1Cc2cc(-c3cc(COC(=O)c4ccc(S(=O)(=O)N(C)C)cc4)no3)ccc2O1. The summed E-state index contributed by atoms with van der Waals surface area (Å²) in [6, 6.07) is 13.1. The van der Waals surface area contributed by atoms with Crippen molar-refractivity contribution in [1.82, 2.24) is 9.46 Å². The van der Waals surface area contributed by atoms with Crippen molar-refractivity contribution in [2.24, 2.45) is 0 Å². The smallest absolute Gasteiger partial charge is 0.338 e. The fourth-order valence-electron chi connectivity index (χ4n) is 3.29. The number of benzene rings is 2. The lowest BCUT2D eigenvalue weighted by Crippen LogP contribution is -2.22. The topological polar surface area (TPSA) is 98.9 Å². The first-order chi connectivity index (χ1) is 14.7. The monoisotopic (exact) mass is 442 g/mol. The molecule has 31 heavy (non-hydrogen) atoms. The zero-order valence-corrected chi connectivity index (χ0v) is 18.2. The molecule has 0 N–H and O–H groups in total. The maximum atomic E-state index is 12.3. The molecule has 0 saturated heterocycles. The van der Waals surface area contributed by atoms with Crippen LogP contribution in [0.3, 0.4) is 0 Å². The molecule has 162 valence electrons. The van der Waals surface area contributed by atoms with E-state index < -0.39 is 16.0 Å². The van der Waals surface area contributed by atoms with E-state index in [9.17, 15) is 13.2 Å². The van der Waals surface area contributed by atoms with Gasteiger partial charge in [-0.3, -0.25) is 0 Å². The van der Waals surface area contributed by atoms with E-state index in [-0.39, 0.29) is 23.2 Å². The summed E-state index contributed by atoms with van der Waals surface area (Å²) in [5, 5.41) is 3.96. The van der Waals surface area contributed by atoms with Crippen molar-refractivity contribution in [2.75, 3.05) is 14.1 Å². The molecule has 9 heteroatoms. The molecule has 0 saturated carbocycles. The molecular weight excluding hydrogens is 420 g/mol. The largest absolute Gasteiger partial charge is 0.490 e. The number of fused-ring (bicyclic) bond motifs is 1. The molecule has 0 bridgehead atoms. The van der Waals surface area contributed by atoms with Gasteiger partial charge in [0.25, 0.3) is 0 Å². The molecule has 1 atom stereocenters. The summed E-state index contributed by atoms with van der Waals surface area (Å²) in [6.07, 6.45) is 1.00. The van der Waals surface area contributed by atoms with Gasteiger partial charge in [-0.25, -0.2) is 17.5 Å². The summed E-state index contributed by atoms with van der Waals surface area (Å²) in [5.74, 6) is 0.878. The van der Waals surface area contributed by atoms with Crippen LogP contribution in [0.15, 0.2) is 57.9 Å². The highest BCUT2D eigenvalue weighted by atomic mass is 32.2. The van der Waals surface area contributed by atoms with E-state index in [4.69, 9.17) is 14.0 Å². The molecule has 4 rings (SSSR count). The second-order valence-corrected chi connectivity index (χ2v) is 9.68. The van der Waals surface area contributed by atoms with Crippen molar-refractivity contribution in [1.29, 1.82) is 0 Å². The Kier molecular flexibility index (Phi) is 5.55. The van der Waals surface area contributed by atoms with Crippen LogP contribution in [0.25, 0.3) is 11.3 Å². The predicted molar refractivity (Wildman–Crippen MR) is 112 cm³/mol. The fraction of sp³-hybridized carbons (Fsp3) is 0.273. The van der Waals surface area contributed by atoms with Gasteiger partial charge in [-0.1, -0.05) is 5.16 Å². The molecule has 1 aliphatic rings. The Bertz CT molecular complexity index is 1220. The van der Waals surface area contributed by atoms with Crippen molar-refractivity contribution in [3.63, 3.8) is 0 Å². The predicted octanol–water partition coefficient (Wildman–Crippen LogP) is 3.27. The minimum atomic E-state index is -3.55. The standard InChI is InChI=1S/C22H22N2O6S/c1-14-10-17-11-16(6-9-20(17)29-14)21-12-18(23-30-21)13-28-22(25)15-4-7-19(8-5-15)31(26,27)24(2)3/h4-9,11-12,14H,10,13H2,1-3H3/t14-/m1/s1. The number of rotatable bonds is 6. The van der Waals surface area contributed by atoms with Gasteiger partial charge in [-0.15, -0.1) is 0 Å². The Hall–Kier alpha value is -3.17. The summed E-state index contributed by atoms with van der Waals surface area (Å²) in [5.41, 5.74) is 2.71. The number of esters is 1. The Labute approximate surface area is 180 Å². The van der Waals surface area contributed by atoms with E-state index in [0.717, 1.165) is 27.6 Å². The number of aromatic nitrogens is 1. The summed E-state index contributed by atoms with van der Waals surface area (Å²) in [6.45, 7) is 1.96. The number of hydrogen-bond donors (Lipinski definition) is 0. The lowest BCUT2D eigenvalue weighted by molar-refractivity contribution is 0.0464. The first-order valence-electron chi connectivity index (χ1n) is 9.69. The zero-order chi connectivity index (χ0) is 22.2. The van der Waals surface area contributed by atoms with Crippen LogP contribution in [0, 0.1) is 0 Å². The van der Waals surface area contributed by atoms with Crippen LogP contribution in [-0.2, 0) is 27.8 Å². The van der Waals surface area contributed by atoms with Gasteiger partial charge in [0.1, 0.15) is 24.2 Å². The molecule has 1 aliphatic heterocycles. The molecule has 2 heterocycles. The molecule has 2 aromatic carbocycles. The number of carbonyl (C=O) groups is 1. The first kappa shape index (κ1) is 21.1. The summed E-state index contributed by atoms with van der Waals surface area (Å²) in [7, 11) is -0.664. The van der Waals surface area contributed by atoms with Gasteiger partial charge in [-0.05, 0) is 55.0 Å². The highest BCUT2D eigenvalue weighted by Crippen LogP contribution is 2.33. The molecule has 3 aromatic rings. The third-order valence-electron chi connectivity index (χ3n) is 4.96. The molecule has 8 nitrogen and oxygen atoms in total. The quantitative estimate of drug-likeness (QED) is 0.540. The van der Waals surface area contributed by atoms with Gasteiger partial charge in [-0.2, -0.15) is 0 Å². The molecule has 0 spiro atoms. The minimum Gasteiger partial charge on any atom is -0.490 e. The van der Waals surface area contributed by atoms with E-state index in [1.54, 1.807) is 6.07 Å². The minimum absolute atomic E-state index is 0.0643. The van der Waals surface area contributed by atoms with E-state index >= 15 is 0 Å². The van der Waals surface area contributed by atoms with Gasteiger partial charge >= 0.3 is 5.97 Å². The van der Waals surface area contributed by atoms with Crippen molar-refractivity contribution in [3.8, 4) is 17.1 Å². The second kappa shape index (κ2) is 8.16. The third-order valence-corrected chi connectivity index (χ3v) is 6.79. The average Bonchev–Trinajstić information content (AvgIpc) is 3.37. The lowest BCUT2D eigenvalue weighted by atomic mass is 10.1. The molecule has 1 aromatic heterocycles. The maximum absolute atomic E-state index is 12.3. The molecule has 0 aliphatic carbocycles. The molecule has 0 amide bonds. The number of nitrogens with zero attached hydrogens (tertiary/aromatic N) is 2. The first-order valence-corrected chi connectivity index (χ1v) is 11.1. The van der Waals surface area contributed by atoms with Gasteiger partial charge in [0.05, 0.1) is 10.5 Å². The maximum Gasteiger partial charge on any atom is 0.338 e. The normalized spacial score (nSPS) is 15.5. The van der Waals surface area contributed by atoms with Crippen molar-refractivity contribution in [3.05, 3.63) is 65.4 Å². The van der Waals surface area contributed by atoms with E-state index in [1.165, 1.54) is 38.4 Å². The molecular formula is C22H22N2O6S. The summed E-state index contributed by atoms with van der Waals surface area (Å²) >= 11 is 0. The number of ether oxygens (including phenoxy) is 2. The van der Waals surface area contributed by atoms with Crippen LogP contribution in [0.5, 0.6) is 5.75 Å². The van der Waals surface area contributed by atoms with Crippen LogP contribution in [0.2, 0.25) is 0 Å². The Balaban J connectivity index is 1.40. The van der Waals surface area contributed by atoms with Crippen molar-refractivity contribution < 1.29 is 27.2 Å². The van der Waals surface area contributed by atoms with Crippen LogP contribution in [0.1, 0.15) is 28.5 Å². The lowest BCUT2D eigenvalue weighted by Gasteiger charge is -2.11. The van der Waals surface area contributed by atoms with Crippen molar-refractivity contribution >= 4 is 16.0 Å². The fourth-order valence-corrected chi connectivity index (χ4v) is 4.19. The van der Waals surface area contributed by atoms with E-state index in [0.29, 0.717) is 11.5 Å². The van der Waals surface area contributed by atoms with Gasteiger partial charge < -0.3 is 14.0 Å². The van der Waals surface area contributed by atoms with Crippen LogP contribution < -0.4 is 4.74 Å². The highest BCUT2D eigenvalue weighted by molar-refractivity contribution is 7.89. The Morgan fingerprint density at radius 1 is 1.16 bits per heavy atom. The van der Waals surface area contributed by atoms with Gasteiger partial charge in [0.2, 0.25) is 10.0 Å². The average molecular weight is 442 g/mol. The highest BCUT2D eigenvalue weighted by Gasteiger charge is 2.21. The second-order valence-electron chi connectivity index (χ2n) is 7.53. The van der Waals surface area contributed by atoms with E-state index in [2.05, 4.69) is 5.16 Å². The molecule has 0 fully saturated rings. The number of carbonyl (C=O) groups excluding carboxylic acids is 1. The van der Waals surface area contributed by atoms with Crippen LogP contribution >= 0.6 is 0 Å². The molecule has 0 radical (unpaired) electrons. The van der Waals surface area contributed by atoms with E-state index in [1.807, 2.05) is 25.1 Å². The van der Waals surface area contributed by atoms with Gasteiger partial charge in [0.15, 0.2) is 5.76 Å². The third kappa shape index (κ3) is 4.33. The Morgan fingerprint density at radius 2 is 1.90 bits per heavy atom.